The van der Waals surface area contributed by atoms with Crippen LogP contribution in [0.4, 0.5) is 5.69 Å². The minimum atomic E-state index is 0. The summed E-state index contributed by atoms with van der Waals surface area (Å²) in [4.78, 5) is 9.86. The Balaban J connectivity index is 0.000000810. The summed E-state index contributed by atoms with van der Waals surface area (Å²) in [6, 6.07) is 9.29. The van der Waals surface area contributed by atoms with Gasteiger partial charge in [-0.05, 0) is 12.1 Å². The number of anilines is 1. The lowest BCUT2D eigenvalue weighted by Gasteiger charge is -1.93. The van der Waals surface area contributed by atoms with Gasteiger partial charge in [0.25, 0.3) is 0 Å². The highest BCUT2D eigenvalue weighted by Gasteiger charge is 1.81. The first-order valence-corrected chi connectivity index (χ1v) is 2.69. The topological polar surface area (TPSA) is 29.1 Å². The van der Waals surface area contributed by atoms with Crippen molar-refractivity contribution in [3.63, 3.8) is 0 Å². The Kier molecular flexibility index (Phi) is 3.96. The third-order valence-corrected chi connectivity index (χ3v) is 0.999. The van der Waals surface area contributed by atoms with Crippen molar-refractivity contribution in [1.29, 1.82) is 0 Å². The summed E-state index contributed by atoms with van der Waals surface area (Å²) in [5, 5.41) is 2.53. The fourth-order valence-electron chi connectivity index (χ4n) is 0.602. The largest absolute Gasteiger partial charge is 0.329 e. The maximum absolute atomic E-state index is 9.86. The van der Waals surface area contributed by atoms with Gasteiger partial charge in [-0.2, -0.15) is 0 Å². The highest BCUT2D eigenvalue weighted by molar-refractivity contribution is 5.70. The minimum Gasteiger partial charge on any atom is -0.329 e. The van der Waals surface area contributed by atoms with Gasteiger partial charge >= 0.3 is 0 Å². The third kappa shape index (κ3) is 2.31. The SMILES string of the molecule is C.O=CNc1ccccc1. The standard InChI is InChI=1S/C7H7NO.CH4/c9-6-8-7-4-2-1-3-5-7;/h1-6H,(H,8,9);1H4. The van der Waals surface area contributed by atoms with Crippen LogP contribution < -0.4 is 5.32 Å². The molecular weight excluding hydrogens is 126 g/mol. The second kappa shape index (κ2) is 4.56. The Labute approximate surface area is 60.9 Å². The van der Waals surface area contributed by atoms with Crippen LogP contribution >= 0.6 is 0 Å². The van der Waals surface area contributed by atoms with E-state index >= 15 is 0 Å². The molecule has 0 heterocycles. The summed E-state index contributed by atoms with van der Waals surface area (Å²) in [7, 11) is 0. The molecule has 0 atom stereocenters. The number of hydrogen-bond donors (Lipinski definition) is 1. The quantitative estimate of drug-likeness (QED) is 0.619. The van der Waals surface area contributed by atoms with Gasteiger partial charge in [0.15, 0.2) is 0 Å². The van der Waals surface area contributed by atoms with E-state index in [1.807, 2.05) is 30.3 Å². The molecule has 0 saturated carbocycles. The van der Waals surface area contributed by atoms with Crippen molar-refractivity contribution >= 4 is 12.1 Å². The molecule has 54 valence electrons. The van der Waals surface area contributed by atoms with E-state index < -0.39 is 0 Å². The van der Waals surface area contributed by atoms with Crippen LogP contribution in [0.5, 0.6) is 0 Å². The number of carbonyl (C=O) groups excluding carboxylic acids is 1. The lowest BCUT2D eigenvalue weighted by molar-refractivity contribution is -0.105. The minimum absolute atomic E-state index is 0. The predicted octanol–water partition coefficient (Wildman–Crippen LogP) is 1.89. The van der Waals surface area contributed by atoms with Crippen LogP contribution in [-0.2, 0) is 4.79 Å². The van der Waals surface area contributed by atoms with Gasteiger partial charge in [0.1, 0.15) is 0 Å². The molecule has 1 N–H and O–H groups in total. The highest BCUT2D eigenvalue weighted by atomic mass is 16.1. The Morgan fingerprint density at radius 3 is 2.30 bits per heavy atom. The van der Waals surface area contributed by atoms with Crippen LogP contribution in [0.1, 0.15) is 7.43 Å². The maximum atomic E-state index is 9.86. The first-order chi connectivity index (χ1) is 4.43. The molecule has 0 aliphatic heterocycles. The molecule has 10 heavy (non-hydrogen) atoms. The van der Waals surface area contributed by atoms with E-state index in [4.69, 9.17) is 0 Å². The summed E-state index contributed by atoms with van der Waals surface area (Å²) < 4.78 is 0. The Hall–Kier alpha value is -1.31. The molecule has 1 aromatic carbocycles. The number of hydrogen-bond acceptors (Lipinski definition) is 1. The van der Waals surface area contributed by atoms with E-state index in [-0.39, 0.29) is 7.43 Å². The van der Waals surface area contributed by atoms with E-state index in [0.29, 0.717) is 6.41 Å². The molecule has 0 fully saturated rings. The van der Waals surface area contributed by atoms with Crippen LogP contribution in [0.3, 0.4) is 0 Å². The molecule has 0 radical (unpaired) electrons. The summed E-state index contributed by atoms with van der Waals surface area (Å²) in [5.41, 5.74) is 0.826. The van der Waals surface area contributed by atoms with E-state index in [0.717, 1.165) is 5.69 Å². The molecule has 1 aromatic rings. The van der Waals surface area contributed by atoms with Crippen LogP contribution in [-0.4, -0.2) is 6.41 Å². The van der Waals surface area contributed by atoms with Crippen LogP contribution in [0, 0.1) is 0 Å². The van der Waals surface area contributed by atoms with Gasteiger partial charge in [-0.3, -0.25) is 4.79 Å². The van der Waals surface area contributed by atoms with Crippen LogP contribution in [0.25, 0.3) is 0 Å². The molecule has 1 rings (SSSR count). The number of para-hydroxylation sites is 1. The predicted molar refractivity (Wildman–Crippen MR) is 42.9 cm³/mol. The average Bonchev–Trinajstić information content (AvgIpc) is 1.91. The number of amides is 1. The molecular formula is C8H11NO. The molecule has 1 amide bonds. The van der Waals surface area contributed by atoms with Crippen LogP contribution in [0.2, 0.25) is 0 Å². The smallest absolute Gasteiger partial charge is 0.211 e. The van der Waals surface area contributed by atoms with Crippen molar-refractivity contribution in [3.05, 3.63) is 30.3 Å². The highest BCUT2D eigenvalue weighted by Crippen LogP contribution is 2.01. The van der Waals surface area contributed by atoms with Gasteiger partial charge in [0.05, 0.1) is 0 Å². The second-order valence-electron chi connectivity index (χ2n) is 1.63. The van der Waals surface area contributed by atoms with Crippen molar-refractivity contribution in [3.8, 4) is 0 Å². The lowest BCUT2D eigenvalue weighted by atomic mass is 10.3. The summed E-state index contributed by atoms with van der Waals surface area (Å²) >= 11 is 0. The van der Waals surface area contributed by atoms with Gasteiger partial charge in [-0.1, -0.05) is 25.6 Å². The normalized spacial score (nSPS) is 7.60. The Morgan fingerprint density at radius 2 is 1.80 bits per heavy atom. The zero-order valence-electron chi connectivity index (χ0n) is 4.87. The number of carbonyl (C=O) groups is 1. The molecule has 0 spiro atoms. The molecule has 0 aliphatic rings. The monoisotopic (exact) mass is 137 g/mol. The van der Waals surface area contributed by atoms with Gasteiger partial charge in [-0.15, -0.1) is 0 Å². The summed E-state index contributed by atoms with van der Waals surface area (Å²) in [6.45, 7) is 0. The van der Waals surface area contributed by atoms with Crippen molar-refractivity contribution in [2.24, 2.45) is 0 Å². The van der Waals surface area contributed by atoms with E-state index in [1.54, 1.807) is 0 Å². The van der Waals surface area contributed by atoms with E-state index in [9.17, 15) is 4.79 Å². The molecule has 0 aliphatic carbocycles. The Morgan fingerprint density at radius 1 is 1.20 bits per heavy atom. The molecule has 0 unspecified atom stereocenters. The van der Waals surface area contributed by atoms with Gasteiger partial charge in [-0.25, -0.2) is 0 Å². The Bertz CT molecular complexity index is 184. The fourth-order valence-corrected chi connectivity index (χ4v) is 0.602. The first-order valence-electron chi connectivity index (χ1n) is 2.69. The van der Waals surface area contributed by atoms with Crippen molar-refractivity contribution in [2.75, 3.05) is 5.32 Å². The van der Waals surface area contributed by atoms with Gasteiger partial charge in [0, 0.05) is 5.69 Å². The molecule has 0 bridgehead atoms. The van der Waals surface area contributed by atoms with Crippen LogP contribution in [0.15, 0.2) is 30.3 Å². The maximum Gasteiger partial charge on any atom is 0.211 e. The molecule has 2 heteroatoms. The second-order valence-corrected chi connectivity index (χ2v) is 1.63. The lowest BCUT2D eigenvalue weighted by Crippen LogP contribution is -1.91. The van der Waals surface area contributed by atoms with Gasteiger partial charge < -0.3 is 5.32 Å². The number of nitrogens with one attached hydrogen (secondary N) is 1. The number of rotatable bonds is 2. The van der Waals surface area contributed by atoms with E-state index in [2.05, 4.69) is 5.32 Å². The molecule has 2 nitrogen and oxygen atoms in total. The summed E-state index contributed by atoms with van der Waals surface area (Å²) in [6.07, 6.45) is 0.662. The average molecular weight is 137 g/mol. The van der Waals surface area contributed by atoms with Crippen molar-refractivity contribution < 1.29 is 4.79 Å². The van der Waals surface area contributed by atoms with Crippen molar-refractivity contribution in [1.82, 2.24) is 0 Å². The zero-order chi connectivity index (χ0) is 6.53. The fraction of sp³-hybridized carbons (Fsp3) is 0.125. The van der Waals surface area contributed by atoms with Gasteiger partial charge in [0.2, 0.25) is 6.41 Å². The summed E-state index contributed by atoms with van der Waals surface area (Å²) in [5.74, 6) is 0. The van der Waals surface area contributed by atoms with E-state index in [1.165, 1.54) is 0 Å². The zero-order valence-corrected chi connectivity index (χ0v) is 4.87. The molecule has 0 aromatic heterocycles. The number of benzene rings is 1. The third-order valence-electron chi connectivity index (χ3n) is 0.999. The van der Waals surface area contributed by atoms with Crippen molar-refractivity contribution in [2.45, 2.75) is 7.43 Å². The molecule has 0 saturated heterocycles. The first kappa shape index (κ1) is 8.69.